The predicted octanol–water partition coefficient (Wildman–Crippen LogP) is 3.44. The number of carbonyl (C=O) groups excluding carboxylic acids is 1. The van der Waals surface area contributed by atoms with Crippen molar-refractivity contribution in [1.82, 2.24) is 15.0 Å². The second kappa shape index (κ2) is 9.90. The normalized spacial score (nSPS) is 11.8. The van der Waals surface area contributed by atoms with Crippen LogP contribution in [-0.2, 0) is 27.5 Å². The van der Waals surface area contributed by atoms with E-state index in [0.29, 0.717) is 11.3 Å². The van der Waals surface area contributed by atoms with Gasteiger partial charge in [-0.25, -0.2) is 28.3 Å². The van der Waals surface area contributed by atoms with Crippen LogP contribution in [0.2, 0.25) is 0 Å². The summed E-state index contributed by atoms with van der Waals surface area (Å²) in [4.78, 5) is 23.7. The van der Waals surface area contributed by atoms with E-state index in [0.717, 1.165) is 17.4 Å². The quantitative estimate of drug-likeness (QED) is 0.383. The monoisotopic (exact) mass is 516 g/mol. The van der Waals surface area contributed by atoms with Gasteiger partial charge in [-0.3, -0.25) is 5.32 Å². The molecule has 3 aromatic rings. The highest BCUT2D eigenvalue weighted by atomic mass is 32.2. The van der Waals surface area contributed by atoms with E-state index in [4.69, 9.17) is 9.88 Å². The van der Waals surface area contributed by atoms with Crippen molar-refractivity contribution in [1.29, 1.82) is 0 Å². The Hall–Kier alpha value is -3.30. The van der Waals surface area contributed by atoms with E-state index in [9.17, 15) is 26.4 Å². The molecule has 2 heterocycles. The first-order chi connectivity index (χ1) is 15.9. The van der Waals surface area contributed by atoms with Crippen molar-refractivity contribution in [3.63, 3.8) is 0 Å². The molecule has 0 saturated heterocycles. The highest BCUT2D eigenvalue weighted by Crippen LogP contribution is 2.31. The number of ether oxygens (including phenoxy) is 1. The largest absolute Gasteiger partial charge is 0.462 e. The van der Waals surface area contributed by atoms with Crippen molar-refractivity contribution >= 4 is 44.2 Å². The molecule has 0 amide bonds. The van der Waals surface area contributed by atoms with Gasteiger partial charge in [0.1, 0.15) is 10.7 Å². The Morgan fingerprint density at radius 2 is 1.85 bits per heavy atom. The summed E-state index contributed by atoms with van der Waals surface area (Å²) < 4.78 is 67.7. The molecule has 0 fully saturated rings. The number of sulfonamides is 1. The number of esters is 1. The summed E-state index contributed by atoms with van der Waals surface area (Å²) in [6, 6.07) is 6.24. The van der Waals surface area contributed by atoms with Crippen LogP contribution >= 0.6 is 11.3 Å². The molecule has 182 valence electrons. The van der Waals surface area contributed by atoms with E-state index in [1.165, 1.54) is 24.3 Å². The molecular formula is C19H19F3N6O4S2. The molecule has 0 saturated carbocycles. The summed E-state index contributed by atoms with van der Waals surface area (Å²) in [6.45, 7) is 3.42. The van der Waals surface area contributed by atoms with Gasteiger partial charge in [0, 0.05) is 12.6 Å². The summed E-state index contributed by atoms with van der Waals surface area (Å²) in [5.74, 6) is -1.11. The van der Waals surface area contributed by atoms with E-state index in [1.807, 2.05) is 0 Å². The number of nitrogens with two attached hydrogens (primary N) is 1. The van der Waals surface area contributed by atoms with Gasteiger partial charge in [0.15, 0.2) is 10.8 Å². The molecule has 0 aliphatic rings. The lowest BCUT2D eigenvalue weighted by atomic mass is 10.2. The number of hydrogen-bond acceptors (Lipinski definition) is 10. The van der Waals surface area contributed by atoms with Gasteiger partial charge in [-0.1, -0.05) is 23.5 Å². The molecule has 1 aromatic carbocycles. The predicted molar refractivity (Wildman–Crippen MR) is 118 cm³/mol. The van der Waals surface area contributed by atoms with Crippen LogP contribution < -0.4 is 15.8 Å². The summed E-state index contributed by atoms with van der Waals surface area (Å²) in [6.07, 6.45) is -4.75. The van der Waals surface area contributed by atoms with Gasteiger partial charge in [-0.2, -0.15) is 18.2 Å². The average Bonchev–Trinajstić information content (AvgIpc) is 3.11. The molecule has 4 N–H and O–H groups in total. The van der Waals surface area contributed by atoms with E-state index in [-0.39, 0.29) is 39.8 Å². The fourth-order valence-electron chi connectivity index (χ4n) is 2.66. The van der Waals surface area contributed by atoms with Crippen LogP contribution in [0.4, 0.5) is 30.1 Å². The maximum absolute atomic E-state index is 13.4. The summed E-state index contributed by atoms with van der Waals surface area (Å²) >= 11 is 0.897. The zero-order chi connectivity index (χ0) is 25.1. The van der Waals surface area contributed by atoms with E-state index in [2.05, 4.69) is 25.6 Å². The van der Waals surface area contributed by atoms with Crippen molar-refractivity contribution in [3.8, 4) is 0 Å². The van der Waals surface area contributed by atoms with Crippen LogP contribution in [0.1, 0.15) is 33.5 Å². The standard InChI is InChI=1S/C19H19F3N6O4S2/c1-3-32-16(29)15-10(2)25-18(33-15)28-17-26-13(19(20,21)22)8-14(27-17)24-9-11-4-6-12(7-5-11)34(23,30)31/h4-8H,3,9H2,1-2H3,(H2,23,30,31)(H2,24,25,26,27,28). The van der Waals surface area contributed by atoms with E-state index < -0.39 is 27.9 Å². The van der Waals surface area contributed by atoms with Crippen LogP contribution in [0.3, 0.4) is 0 Å². The number of thiazole rings is 1. The third-order valence-corrected chi connectivity index (χ3v) is 6.20. The number of anilines is 3. The number of hydrogen-bond donors (Lipinski definition) is 3. The fourth-order valence-corrected chi connectivity index (χ4v) is 4.03. The minimum absolute atomic E-state index is 0.0437. The first-order valence-electron chi connectivity index (χ1n) is 9.60. The zero-order valence-electron chi connectivity index (χ0n) is 17.8. The van der Waals surface area contributed by atoms with Gasteiger partial charge in [0.2, 0.25) is 16.0 Å². The molecule has 0 aliphatic carbocycles. The maximum Gasteiger partial charge on any atom is 0.433 e. The molecule has 0 unspecified atom stereocenters. The second-order valence-electron chi connectivity index (χ2n) is 6.78. The molecular weight excluding hydrogens is 497 g/mol. The number of aryl methyl sites for hydroxylation is 1. The highest BCUT2D eigenvalue weighted by Gasteiger charge is 2.34. The number of halogens is 3. The second-order valence-corrected chi connectivity index (χ2v) is 9.34. The van der Waals surface area contributed by atoms with Gasteiger partial charge in [-0.05, 0) is 31.5 Å². The van der Waals surface area contributed by atoms with Crippen molar-refractivity contribution < 1.29 is 31.1 Å². The Kier molecular flexibility index (Phi) is 7.38. The average molecular weight is 517 g/mol. The Morgan fingerprint density at radius 3 is 2.44 bits per heavy atom. The number of carbonyl (C=O) groups is 1. The summed E-state index contributed by atoms with van der Waals surface area (Å²) in [7, 11) is -3.86. The smallest absolute Gasteiger partial charge is 0.433 e. The first-order valence-corrected chi connectivity index (χ1v) is 12.0. The van der Waals surface area contributed by atoms with Crippen LogP contribution in [0.25, 0.3) is 0 Å². The number of nitrogens with zero attached hydrogens (tertiary/aromatic N) is 3. The Bertz CT molecular complexity index is 1290. The highest BCUT2D eigenvalue weighted by molar-refractivity contribution is 7.89. The van der Waals surface area contributed by atoms with Crippen LogP contribution in [-0.4, -0.2) is 35.9 Å². The summed E-state index contributed by atoms with van der Waals surface area (Å²) in [5, 5.41) is 10.5. The first kappa shape index (κ1) is 25.3. The van der Waals surface area contributed by atoms with Crippen LogP contribution in [0.5, 0.6) is 0 Å². The number of benzene rings is 1. The van der Waals surface area contributed by atoms with Crippen molar-refractivity contribution in [2.45, 2.75) is 31.5 Å². The zero-order valence-corrected chi connectivity index (χ0v) is 19.4. The Balaban J connectivity index is 1.83. The van der Waals surface area contributed by atoms with Crippen molar-refractivity contribution in [2.24, 2.45) is 5.14 Å². The number of alkyl halides is 3. The van der Waals surface area contributed by atoms with Crippen LogP contribution in [0, 0.1) is 6.92 Å². The molecule has 0 spiro atoms. The van der Waals surface area contributed by atoms with Crippen molar-refractivity contribution in [2.75, 3.05) is 17.2 Å². The van der Waals surface area contributed by atoms with Gasteiger partial charge >= 0.3 is 12.1 Å². The molecule has 2 aromatic heterocycles. The molecule has 15 heteroatoms. The Morgan fingerprint density at radius 1 is 1.18 bits per heavy atom. The van der Waals surface area contributed by atoms with Crippen LogP contribution in [0.15, 0.2) is 35.2 Å². The molecule has 0 atom stereocenters. The summed E-state index contributed by atoms with van der Waals surface area (Å²) in [5.41, 5.74) is -0.279. The third-order valence-electron chi connectivity index (χ3n) is 4.22. The maximum atomic E-state index is 13.4. The lowest BCUT2D eigenvalue weighted by Crippen LogP contribution is -2.13. The number of rotatable bonds is 8. The SMILES string of the molecule is CCOC(=O)c1sc(Nc2nc(NCc3ccc(S(N)(=O)=O)cc3)cc(C(F)(F)F)n2)nc1C. The minimum Gasteiger partial charge on any atom is -0.462 e. The van der Waals surface area contributed by atoms with Gasteiger partial charge < -0.3 is 10.1 Å². The Labute approximate surface area is 196 Å². The number of nitrogens with one attached hydrogen (secondary N) is 2. The van der Waals surface area contributed by atoms with Gasteiger partial charge in [-0.15, -0.1) is 0 Å². The molecule has 0 bridgehead atoms. The lowest BCUT2D eigenvalue weighted by Gasteiger charge is -2.12. The van der Waals surface area contributed by atoms with E-state index in [1.54, 1.807) is 13.8 Å². The molecule has 3 rings (SSSR count). The third kappa shape index (κ3) is 6.39. The fraction of sp³-hybridized carbons (Fsp3) is 0.263. The molecule has 0 aliphatic heterocycles. The lowest BCUT2D eigenvalue weighted by molar-refractivity contribution is -0.141. The minimum atomic E-state index is -4.75. The number of aromatic nitrogens is 3. The molecule has 0 radical (unpaired) electrons. The molecule has 10 nitrogen and oxygen atoms in total. The van der Waals surface area contributed by atoms with Crippen molar-refractivity contribution in [3.05, 3.63) is 52.2 Å². The molecule has 34 heavy (non-hydrogen) atoms. The van der Waals surface area contributed by atoms with Gasteiger partial charge in [0.05, 0.1) is 17.2 Å². The topological polar surface area (TPSA) is 149 Å². The van der Waals surface area contributed by atoms with Gasteiger partial charge in [0.25, 0.3) is 0 Å². The number of primary sulfonamides is 1. The van der Waals surface area contributed by atoms with E-state index >= 15 is 0 Å².